The first kappa shape index (κ1) is 17.8. The molecule has 0 spiro atoms. The minimum atomic E-state index is -0.447. The van der Waals surface area contributed by atoms with Crippen molar-refractivity contribution >= 4 is 6.09 Å². The molecule has 1 unspecified atom stereocenters. The Morgan fingerprint density at radius 1 is 1.43 bits per heavy atom. The lowest BCUT2D eigenvalue weighted by Gasteiger charge is -2.40. The molecule has 1 aliphatic heterocycles. The van der Waals surface area contributed by atoms with Gasteiger partial charge in [-0.3, -0.25) is 0 Å². The van der Waals surface area contributed by atoms with E-state index in [-0.39, 0.29) is 18.2 Å². The number of aromatic nitrogens is 2. The molecule has 130 valence electrons. The van der Waals surface area contributed by atoms with Gasteiger partial charge in [-0.15, -0.1) is 0 Å². The van der Waals surface area contributed by atoms with Crippen molar-refractivity contribution in [1.82, 2.24) is 19.8 Å². The lowest BCUT2D eigenvalue weighted by molar-refractivity contribution is 0.00559. The van der Waals surface area contributed by atoms with E-state index in [1.54, 1.807) is 6.20 Å². The second-order valence-electron chi connectivity index (χ2n) is 7.28. The van der Waals surface area contributed by atoms with Crippen molar-refractivity contribution in [1.29, 1.82) is 0 Å². The number of likely N-dealkylation sites (tertiary alicyclic amines) is 1. The van der Waals surface area contributed by atoms with Gasteiger partial charge in [0.25, 0.3) is 0 Å². The van der Waals surface area contributed by atoms with Crippen molar-refractivity contribution in [2.75, 3.05) is 13.1 Å². The molecule has 0 radical (unpaired) electrons. The highest BCUT2D eigenvalue weighted by molar-refractivity contribution is 5.68. The molecule has 1 aromatic heterocycles. The largest absolute Gasteiger partial charge is 0.444 e. The van der Waals surface area contributed by atoms with Crippen molar-refractivity contribution in [2.45, 2.75) is 71.2 Å². The highest BCUT2D eigenvalue weighted by Crippen LogP contribution is 2.22. The van der Waals surface area contributed by atoms with Crippen LogP contribution in [0.4, 0.5) is 4.79 Å². The first-order valence-electron chi connectivity index (χ1n) is 8.55. The zero-order chi connectivity index (χ0) is 16.9. The van der Waals surface area contributed by atoms with Gasteiger partial charge in [0.15, 0.2) is 0 Å². The summed E-state index contributed by atoms with van der Waals surface area (Å²) in [5.74, 6) is 0. The van der Waals surface area contributed by atoms with Gasteiger partial charge in [-0.05, 0) is 47.0 Å². The highest BCUT2D eigenvalue weighted by atomic mass is 16.6. The maximum absolute atomic E-state index is 12.5. The van der Waals surface area contributed by atoms with E-state index >= 15 is 0 Å². The molecular weight excluding hydrogens is 292 g/mol. The zero-order valence-electron chi connectivity index (χ0n) is 14.8. The highest BCUT2D eigenvalue weighted by Gasteiger charge is 2.33. The number of piperidine rings is 1. The molecule has 6 heteroatoms. The lowest BCUT2D eigenvalue weighted by atomic mass is 9.97. The van der Waals surface area contributed by atoms with Gasteiger partial charge in [0, 0.05) is 38.1 Å². The third-order valence-corrected chi connectivity index (χ3v) is 4.15. The Balaban J connectivity index is 1.87. The van der Waals surface area contributed by atoms with Crippen LogP contribution in [0.2, 0.25) is 0 Å². The number of rotatable bonds is 5. The number of ether oxygens (including phenoxy) is 1. The summed E-state index contributed by atoms with van der Waals surface area (Å²) in [6.07, 6.45) is 8.62. The first-order chi connectivity index (χ1) is 10.9. The smallest absolute Gasteiger partial charge is 0.410 e. The number of imidazole rings is 1. The normalized spacial score (nSPS) is 20.3. The molecule has 2 rings (SSSR count). The van der Waals surface area contributed by atoms with Crippen LogP contribution >= 0.6 is 0 Å². The Labute approximate surface area is 139 Å². The van der Waals surface area contributed by atoms with E-state index < -0.39 is 5.60 Å². The van der Waals surface area contributed by atoms with Gasteiger partial charge in [0.2, 0.25) is 0 Å². The van der Waals surface area contributed by atoms with Crippen LogP contribution in [-0.4, -0.2) is 51.3 Å². The average molecular weight is 322 g/mol. The minimum absolute atomic E-state index is 0.189. The molecule has 0 saturated carbocycles. The van der Waals surface area contributed by atoms with E-state index in [4.69, 9.17) is 4.74 Å². The van der Waals surface area contributed by atoms with Crippen LogP contribution in [-0.2, 0) is 11.3 Å². The lowest BCUT2D eigenvalue weighted by Crippen LogP contribution is -2.54. The van der Waals surface area contributed by atoms with Crippen LogP contribution in [0.25, 0.3) is 0 Å². The maximum atomic E-state index is 12.5. The summed E-state index contributed by atoms with van der Waals surface area (Å²) in [5, 5.41) is 3.54. The Hall–Kier alpha value is -1.56. The van der Waals surface area contributed by atoms with Crippen LogP contribution < -0.4 is 5.32 Å². The first-order valence-corrected chi connectivity index (χ1v) is 8.55. The summed E-state index contributed by atoms with van der Waals surface area (Å²) >= 11 is 0. The van der Waals surface area contributed by atoms with E-state index in [0.29, 0.717) is 0 Å². The van der Waals surface area contributed by atoms with E-state index in [9.17, 15) is 4.79 Å². The zero-order valence-corrected chi connectivity index (χ0v) is 14.8. The molecule has 0 aromatic carbocycles. The summed E-state index contributed by atoms with van der Waals surface area (Å²) in [6, 6.07) is 0.438. The Morgan fingerprint density at radius 2 is 2.22 bits per heavy atom. The van der Waals surface area contributed by atoms with Gasteiger partial charge in [-0.2, -0.15) is 0 Å². The third-order valence-electron chi connectivity index (χ3n) is 4.15. The fourth-order valence-corrected chi connectivity index (χ4v) is 3.00. The molecule has 6 nitrogen and oxygen atoms in total. The van der Waals surface area contributed by atoms with Crippen molar-refractivity contribution in [3.05, 3.63) is 18.7 Å². The standard InChI is InChI=1S/C17H30N4O2/c1-14(19-9-12-20-11-8-18-13-20)15-7-5-6-10-21(15)16(22)23-17(2,3)4/h8,11,13-15,19H,5-7,9-10,12H2,1-4H3/t14?,15-/m1/s1. The molecule has 0 bridgehead atoms. The van der Waals surface area contributed by atoms with Gasteiger partial charge in [-0.1, -0.05) is 0 Å². The number of carbonyl (C=O) groups excluding carboxylic acids is 1. The number of carbonyl (C=O) groups is 1. The van der Waals surface area contributed by atoms with E-state index in [0.717, 1.165) is 38.9 Å². The third kappa shape index (κ3) is 5.53. The van der Waals surface area contributed by atoms with Crippen LogP contribution in [0.3, 0.4) is 0 Å². The van der Waals surface area contributed by atoms with Crippen LogP contribution in [0, 0.1) is 0 Å². The molecule has 1 amide bonds. The summed E-state index contributed by atoms with van der Waals surface area (Å²) < 4.78 is 7.62. The molecular formula is C17H30N4O2. The summed E-state index contributed by atoms with van der Waals surface area (Å²) in [7, 11) is 0. The van der Waals surface area contributed by atoms with Gasteiger partial charge in [0.05, 0.1) is 12.4 Å². The van der Waals surface area contributed by atoms with Crippen LogP contribution in [0.15, 0.2) is 18.7 Å². The number of hydrogen-bond donors (Lipinski definition) is 1. The molecule has 1 aromatic rings. The fraction of sp³-hybridized carbons (Fsp3) is 0.765. The van der Waals surface area contributed by atoms with Crippen LogP contribution in [0.5, 0.6) is 0 Å². The topological polar surface area (TPSA) is 59.4 Å². The molecule has 0 aliphatic carbocycles. The summed E-state index contributed by atoms with van der Waals surface area (Å²) in [6.45, 7) is 10.4. The monoisotopic (exact) mass is 322 g/mol. The second kappa shape index (κ2) is 7.81. The van der Waals surface area contributed by atoms with E-state index in [1.807, 2.05) is 42.8 Å². The molecule has 2 heterocycles. The molecule has 23 heavy (non-hydrogen) atoms. The van der Waals surface area contributed by atoms with Gasteiger partial charge in [-0.25, -0.2) is 9.78 Å². The Morgan fingerprint density at radius 3 is 2.87 bits per heavy atom. The van der Waals surface area contributed by atoms with E-state index in [1.165, 1.54) is 0 Å². The molecule has 1 N–H and O–H groups in total. The van der Waals surface area contributed by atoms with Crippen LogP contribution in [0.1, 0.15) is 47.0 Å². The Kier molecular flexibility index (Phi) is 6.04. The number of nitrogens with one attached hydrogen (secondary N) is 1. The minimum Gasteiger partial charge on any atom is -0.444 e. The van der Waals surface area contributed by atoms with Gasteiger partial charge >= 0.3 is 6.09 Å². The van der Waals surface area contributed by atoms with Crippen molar-refractivity contribution < 1.29 is 9.53 Å². The maximum Gasteiger partial charge on any atom is 0.410 e. The Bertz CT molecular complexity index is 481. The van der Waals surface area contributed by atoms with Crippen molar-refractivity contribution in [3.63, 3.8) is 0 Å². The predicted octanol–water partition coefficient (Wildman–Crippen LogP) is 2.65. The molecule has 1 aliphatic rings. The van der Waals surface area contributed by atoms with Crippen molar-refractivity contribution in [3.8, 4) is 0 Å². The molecule has 1 fully saturated rings. The molecule has 2 atom stereocenters. The summed E-state index contributed by atoms with van der Waals surface area (Å²) in [5.41, 5.74) is -0.447. The van der Waals surface area contributed by atoms with Gasteiger partial charge < -0.3 is 19.5 Å². The summed E-state index contributed by atoms with van der Waals surface area (Å²) in [4.78, 5) is 18.4. The van der Waals surface area contributed by atoms with Crippen molar-refractivity contribution in [2.24, 2.45) is 0 Å². The second-order valence-corrected chi connectivity index (χ2v) is 7.28. The average Bonchev–Trinajstić information content (AvgIpc) is 2.98. The number of hydrogen-bond acceptors (Lipinski definition) is 4. The number of nitrogens with zero attached hydrogens (tertiary/aromatic N) is 3. The molecule has 1 saturated heterocycles. The quantitative estimate of drug-likeness (QED) is 0.905. The SMILES string of the molecule is CC(NCCn1ccnc1)[C@H]1CCCCN1C(=O)OC(C)(C)C. The fourth-order valence-electron chi connectivity index (χ4n) is 3.00. The predicted molar refractivity (Wildman–Crippen MR) is 90.3 cm³/mol. The van der Waals surface area contributed by atoms with E-state index in [2.05, 4.69) is 17.2 Å². The van der Waals surface area contributed by atoms with Gasteiger partial charge in [0.1, 0.15) is 5.60 Å². The number of amides is 1.